The SMILES string of the molecule is O=C(COc1cccc(/C=C/c2ccc3ccccc3n2)c1)Nc1cccnc1. The Balaban J connectivity index is 1.38. The van der Waals surface area contributed by atoms with E-state index in [4.69, 9.17) is 4.74 Å². The molecule has 1 N–H and O–H groups in total. The molecule has 0 saturated heterocycles. The summed E-state index contributed by atoms with van der Waals surface area (Å²) in [5.41, 5.74) is 3.45. The second-order valence-electron chi connectivity index (χ2n) is 6.41. The van der Waals surface area contributed by atoms with Crippen molar-refractivity contribution in [2.24, 2.45) is 0 Å². The minimum absolute atomic E-state index is 0.0751. The lowest BCUT2D eigenvalue weighted by molar-refractivity contribution is -0.118. The Kier molecular flexibility index (Phi) is 5.58. The van der Waals surface area contributed by atoms with Crippen LogP contribution in [0.15, 0.2) is 85.2 Å². The van der Waals surface area contributed by atoms with Gasteiger partial charge in [0.2, 0.25) is 0 Å². The first-order valence-corrected chi connectivity index (χ1v) is 9.23. The number of ether oxygens (including phenoxy) is 1. The molecule has 142 valence electrons. The fraction of sp³-hybridized carbons (Fsp3) is 0.0417. The highest BCUT2D eigenvalue weighted by atomic mass is 16.5. The molecular weight excluding hydrogens is 362 g/mol. The average molecular weight is 381 g/mol. The monoisotopic (exact) mass is 381 g/mol. The van der Waals surface area contributed by atoms with E-state index < -0.39 is 0 Å². The van der Waals surface area contributed by atoms with Gasteiger partial charge < -0.3 is 10.1 Å². The molecule has 5 nitrogen and oxygen atoms in total. The van der Waals surface area contributed by atoms with Crippen LogP contribution in [0.3, 0.4) is 0 Å². The number of rotatable bonds is 6. The summed E-state index contributed by atoms with van der Waals surface area (Å²) in [6.45, 7) is -0.0751. The summed E-state index contributed by atoms with van der Waals surface area (Å²) in [4.78, 5) is 20.6. The number of carbonyl (C=O) groups excluding carboxylic acids is 1. The fourth-order valence-corrected chi connectivity index (χ4v) is 2.85. The van der Waals surface area contributed by atoms with Gasteiger partial charge >= 0.3 is 0 Å². The van der Waals surface area contributed by atoms with E-state index in [1.807, 2.05) is 66.7 Å². The maximum absolute atomic E-state index is 12.0. The number of benzene rings is 2. The number of fused-ring (bicyclic) bond motifs is 1. The number of nitrogens with one attached hydrogen (secondary N) is 1. The second-order valence-corrected chi connectivity index (χ2v) is 6.41. The van der Waals surface area contributed by atoms with E-state index in [0.717, 1.165) is 22.2 Å². The van der Waals surface area contributed by atoms with E-state index in [1.54, 1.807) is 24.5 Å². The minimum Gasteiger partial charge on any atom is -0.484 e. The molecule has 0 atom stereocenters. The van der Waals surface area contributed by atoms with Crippen LogP contribution in [-0.2, 0) is 4.79 Å². The first-order valence-electron chi connectivity index (χ1n) is 9.23. The van der Waals surface area contributed by atoms with E-state index in [0.29, 0.717) is 11.4 Å². The zero-order valence-electron chi connectivity index (χ0n) is 15.7. The van der Waals surface area contributed by atoms with Gasteiger partial charge in [-0.1, -0.05) is 42.5 Å². The molecular formula is C24H19N3O2. The third kappa shape index (κ3) is 5.05. The van der Waals surface area contributed by atoms with Crippen LogP contribution in [0.4, 0.5) is 5.69 Å². The number of hydrogen-bond acceptors (Lipinski definition) is 4. The Morgan fingerprint density at radius 1 is 0.966 bits per heavy atom. The van der Waals surface area contributed by atoms with Crippen LogP contribution in [0.25, 0.3) is 23.1 Å². The lowest BCUT2D eigenvalue weighted by atomic mass is 10.1. The number of aromatic nitrogens is 2. The summed E-state index contributed by atoms with van der Waals surface area (Å²) < 4.78 is 5.61. The normalized spacial score (nSPS) is 10.9. The number of amides is 1. The van der Waals surface area contributed by atoms with E-state index in [-0.39, 0.29) is 12.5 Å². The summed E-state index contributed by atoms with van der Waals surface area (Å²) in [5, 5.41) is 3.85. The molecule has 5 heteroatoms. The zero-order chi connectivity index (χ0) is 19.9. The van der Waals surface area contributed by atoms with Crippen LogP contribution in [0.2, 0.25) is 0 Å². The van der Waals surface area contributed by atoms with Crippen molar-refractivity contribution >= 4 is 34.6 Å². The van der Waals surface area contributed by atoms with Gasteiger partial charge in [0.15, 0.2) is 6.61 Å². The average Bonchev–Trinajstić information content (AvgIpc) is 2.77. The molecule has 2 aromatic carbocycles. The summed E-state index contributed by atoms with van der Waals surface area (Å²) in [5.74, 6) is 0.388. The van der Waals surface area contributed by atoms with Gasteiger partial charge in [-0.25, -0.2) is 4.98 Å². The summed E-state index contributed by atoms with van der Waals surface area (Å²) in [7, 11) is 0. The first-order chi connectivity index (χ1) is 14.3. The number of nitrogens with zero attached hydrogens (tertiary/aromatic N) is 2. The highest BCUT2D eigenvalue weighted by Crippen LogP contribution is 2.17. The van der Waals surface area contributed by atoms with Crippen molar-refractivity contribution in [1.29, 1.82) is 0 Å². The summed E-state index contributed by atoms with van der Waals surface area (Å²) in [6.07, 6.45) is 7.17. The van der Waals surface area contributed by atoms with Gasteiger partial charge in [-0.15, -0.1) is 0 Å². The van der Waals surface area contributed by atoms with Gasteiger partial charge in [-0.3, -0.25) is 9.78 Å². The van der Waals surface area contributed by atoms with Gasteiger partial charge in [0.05, 0.1) is 23.1 Å². The van der Waals surface area contributed by atoms with Crippen molar-refractivity contribution in [2.45, 2.75) is 0 Å². The van der Waals surface area contributed by atoms with E-state index >= 15 is 0 Å². The van der Waals surface area contributed by atoms with Crippen molar-refractivity contribution in [1.82, 2.24) is 9.97 Å². The van der Waals surface area contributed by atoms with Gasteiger partial charge in [0.25, 0.3) is 5.91 Å². The fourth-order valence-electron chi connectivity index (χ4n) is 2.85. The van der Waals surface area contributed by atoms with Crippen LogP contribution in [-0.4, -0.2) is 22.5 Å². The molecule has 0 spiro atoms. The molecule has 0 unspecified atom stereocenters. The Morgan fingerprint density at radius 2 is 1.90 bits per heavy atom. The lowest BCUT2D eigenvalue weighted by Gasteiger charge is -2.07. The molecule has 0 radical (unpaired) electrons. The van der Waals surface area contributed by atoms with Crippen molar-refractivity contribution < 1.29 is 9.53 Å². The van der Waals surface area contributed by atoms with Crippen molar-refractivity contribution in [3.63, 3.8) is 0 Å². The van der Waals surface area contributed by atoms with Crippen LogP contribution in [0.1, 0.15) is 11.3 Å². The highest BCUT2D eigenvalue weighted by molar-refractivity contribution is 5.91. The standard InChI is InChI=1S/C24H19N3O2/c28-24(27-21-7-4-14-25-16-21)17-29-22-8-3-5-18(15-22)10-12-20-13-11-19-6-1-2-9-23(19)26-20/h1-16H,17H2,(H,27,28)/b12-10+. The molecule has 2 heterocycles. The molecule has 0 bridgehead atoms. The van der Waals surface area contributed by atoms with Gasteiger partial charge in [0.1, 0.15) is 5.75 Å². The molecule has 4 rings (SSSR count). The predicted molar refractivity (Wildman–Crippen MR) is 115 cm³/mol. The zero-order valence-corrected chi connectivity index (χ0v) is 15.7. The Hall–Kier alpha value is -3.99. The number of anilines is 1. The van der Waals surface area contributed by atoms with E-state index in [2.05, 4.69) is 21.4 Å². The topological polar surface area (TPSA) is 64.1 Å². The molecule has 29 heavy (non-hydrogen) atoms. The second kappa shape index (κ2) is 8.80. The van der Waals surface area contributed by atoms with Crippen molar-refractivity contribution in [2.75, 3.05) is 11.9 Å². The first kappa shape index (κ1) is 18.4. The van der Waals surface area contributed by atoms with Crippen molar-refractivity contribution in [3.05, 3.63) is 96.4 Å². The van der Waals surface area contributed by atoms with Gasteiger partial charge in [0, 0.05) is 11.6 Å². The summed E-state index contributed by atoms with van der Waals surface area (Å²) in [6, 6.07) is 23.2. The van der Waals surface area contributed by atoms with Crippen LogP contribution in [0.5, 0.6) is 5.75 Å². The Labute approximate surface area is 168 Å². The molecule has 0 aliphatic rings. The summed E-state index contributed by atoms with van der Waals surface area (Å²) >= 11 is 0. The minimum atomic E-state index is -0.237. The lowest BCUT2D eigenvalue weighted by Crippen LogP contribution is -2.20. The van der Waals surface area contributed by atoms with Gasteiger partial charge in [-0.05, 0) is 48.0 Å². The number of pyridine rings is 2. The largest absolute Gasteiger partial charge is 0.484 e. The molecule has 0 aliphatic carbocycles. The van der Waals surface area contributed by atoms with Crippen LogP contribution in [0, 0.1) is 0 Å². The van der Waals surface area contributed by atoms with Crippen LogP contribution >= 0.6 is 0 Å². The Morgan fingerprint density at radius 3 is 2.79 bits per heavy atom. The molecule has 0 fully saturated rings. The van der Waals surface area contributed by atoms with E-state index in [1.165, 1.54) is 0 Å². The maximum atomic E-state index is 12.0. The molecule has 1 amide bonds. The van der Waals surface area contributed by atoms with E-state index in [9.17, 15) is 4.79 Å². The maximum Gasteiger partial charge on any atom is 0.262 e. The Bertz CT molecular complexity index is 1160. The number of para-hydroxylation sites is 1. The smallest absolute Gasteiger partial charge is 0.262 e. The van der Waals surface area contributed by atoms with Crippen LogP contribution < -0.4 is 10.1 Å². The third-order valence-corrected chi connectivity index (χ3v) is 4.24. The van der Waals surface area contributed by atoms with Gasteiger partial charge in [-0.2, -0.15) is 0 Å². The highest BCUT2D eigenvalue weighted by Gasteiger charge is 2.04. The molecule has 0 aliphatic heterocycles. The number of carbonyl (C=O) groups is 1. The predicted octanol–water partition coefficient (Wildman–Crippen LogP) is 4.82. The molecule has 2 aromatic heterocycles. The molecule has 0 saturated carbocycles. The number of hydrogen-bond donors (Lipinski definition) is 1. The van der Waals surface area contributed by atoms with Crippen molar-refractivity contribution in [3.8, 4) is 5.75 Å². The third-order valence-electron chi connectivity index (χ3n) is 4.24. The molecule has 4 aromatic rings. The quantitative estimate of drug-likeness (QED) is 0.520.